The van der Waals surface area contributed by atoms with Gasteiger partial charge in [-0.15, -0.1) is 0 Å². The number of ether oxygens (including phenoxy) is 3. The highest BCUT2D eigenvalue weighted by Crippen LogP contribution is 2.69. The summed E-state index contributed by atoms with van der Waals surface area (Å²) >= 11 is 10.8. The van der Waals surface area contributed by atoms with Crippen molar-refractivity contribution in [2.75, 3.05) is 17.2 Å². The van der Waals surface area contributed by atoms with Crippen LogP contribution in [0.1, 0.15) is 88.2 Å². The van der Waals surface area contributed by atoms with Crippen molar-refractivity contribution < 1.29 is 14.2 Å². The van der Waals surface area contributed by atoms with E-state index in [0.29, 0.717) is 28.6 Å². The van der Waals surface area contributed by atoms with E-state index in [-0.39, 0.29) is 10.8 Å². The number of rotatable bonds is 8. The Balaban J connectivity index is 1.26. The van der Waals surface area contributed by atoms with E-state index in [1.54, 1.807) is 0 Å². The second-order valence-electron chi connectivity index (χ2n) is 17.7. The molecule has 0 amide bonds. The van der Waals surface area contributed by atoms with Gasteiger partial charge in [0.25, 0.3) is 0 Å². The summed E-state index contributed by atoms with van der Waals surface area (Å²) in [5, 5.41) is 0. The first-order valence-corrected chi connectivity index (χ1v) is 21.8. The Bertz CT molecular complexity index is 1940. The summed E-state index contributed by atoms with van der Waals surface area (Å²) < 4.78 is 24.3. The summed E-state index contributed by atoms with van der Waals surface area (Å²) in [4.78, 5) is 0. The number of hydrogen-bond donors (Lipinski definition) is 3. The van der Waals surface area contributed by atoms with Crippen LogP contribution in [0, 0.1) is 35.5 Å². The van der Waals surface area contributed by atoms with Gasteiger partial charge in [0.05, 0.1) is 0 Å². The number of hydrogen-bond acceptors (Lipinski definition) is 6. The molecule has 0 atom stereocenters. The molecule has 6 N–H and O–H groups in total. The molecule has 4 aromatic carbocycles. The number of nitrogens with two attached hydrogens (primary N) is 3. The van der Waals surface area contributed by atoms with Crippen LogP contribution in [0.3, 0.4) is 0 Å². The van der Waals surface area contributed by atoms with Crippen molar-refractivity contribution in [1.82, 2.24) is 0 Å². The molecule has 4 aromatic rings. The molecule has 0 unspecified atom stereocenters. The average Bonchev–Trinajstić information content (AvgIpc) is 3.08. The second-order valence-corrected chi connectivity index (χ2v) is 20.3. The van der Waals surface area contributed by atoms with Crippen molar-refractivity contribution >= 4 is 64.9 Å². The van der Waals surface area contributed by atoms with Crippen molar-refractivity contribution in [3.05, 3.63) is 85.2 Å². The standard InChI is InChI=1S/C44H46Br3N3O3/c45-32-4-1-29(13-35(32)48)51-38-16-39(52-30-2-5-33(46)36(49)14-30)41(44-20-26-10-27(21-44)12-28(11-26)22-44)42(53-31-3-6-34(47)37(50)15-31)40(38)43-17-23-7-24(18-43)9-25(8-23)19-43/h1-6,13-16,23-28H,7-12,17-22,48-50H2. The Morgan fingerprint density at radius 3 is 1.04 bits per heavy atom. The maximum absolute atomic E-state index is 7.47. The molecule has 276 valence electrons. The van der Waals surface area contributed by atoms with E-state index in [1.165, 1.54) is 49.7 Å². The third-order valence-electron chi connectivity index (χ3n) is 13.9. The first-order valence-electron chi connectivity index (χ1n) is 19.4. The molecule has 0 aromatic heterocycles. The minimum Gasteiger partial charge on any atom is -0.457 e. The predicted molar refractivity (Wildman–Crippen MR) is 222 cm³/mol. The van der Waals surface area contributed by atoms with E-state index < -0.39 is 0 Å². The molecule has 8 saturated carbocycles. The van der Waals surface area contributed by atoms with Crippen molar-refractivity contribution in [1.29, 1.82) is 0 Å². The lowest BCUT2D eigenvalue weighted by Crippen LogP contribution is -2.50. The monoisotopic (exact) mass is 901 g/mol. The number of halogens is 3. The third kappa shape index (κ3) is 6.06. The van der Waals surface area contributed by atoms with Crippen LogP contribution < -0.4 is 31.4 Å². The van der Waals surface area contributed by atoms with Crippen molar-refractivity contribution in [2.45, 2.75) is 87.9 Å². The zero-order valence-electron chi connectivity index (χ0n) is 29.8. The minimum absolute atomic E-state index is 0.0706. The summed E-state index contributed by atoms with van der Waals surface area (Å²) in [5.74, 6) is 8.95. The van der Waals surface area contributed by atoms with Gasteiger partial charge in [0.2, 0.25) is 0 Å². The van der Waals surface area contributed by atoms with Crippen molar-refractivity contribution in [3.8, 4) is 34.5 Å². The van der Waals surface area contributed by atoms with E-state index in [0.717, 1.165) is 110 Å². The van der Waals surface area contributed by atoms with Gasteiger partial charge in [0.15, 0.2) is 0 Å². The van der Waals surface area contributed by atoms with Crippen LogP contribution in [0.25, 0.3) is 0 Å². The molecule has 0 saturated heterocycles. The fourth-order valence-electron chi connectivity index (χ4n) is 12.8. The number of anilines is 3. The van der Waals surface area contributed by atoms with E-state index in [9.17, 15) is 0 Å². The van der Waals surface area contributed by atoms with E-state index >= 15 is 0 Å². The fourth-order valence-corrected chi connectivity index (χ4v) is 13.6. The highest BCUT2D eigenvalue weighted by molar-refractivity contribution is 9.11. The molecule has 8 aliphatic rings. The molecule has 12 rings (SSSR count). The summed E-state index contributed by atoms with van der Waals surface area (Å²) in [7, 11) is 0. The first-order chi connectivity index (χ1) is 25.5. The second kappa shape index (κ2) is 12.8. The van der Waals surface area contributed by atoms with Gasteiger partial charge in [-0.2, -0.15) is 0 Å². The van der Waals surface area contributed by atoms with Gasteiger partial charge in [-0.05, 0) is 197 Å². The quantitative estimate of drug-likeness (QED) is 0.152. The summed E-state index contributed by atoms with van der Waals surface area (Å²) in [5.41, 5.74) is 23.7. The Labute approximate surface area is 337 Å². The third-order valence-corrected chi connectivity index (χ3v) is 16.1. The molecule has 8 bridgehead atoms. The van der Waals surface area contributed by atoms with Gasteiger partial charge in [-0.1, -0.05) is 0 Å². The molecule has 0 aliphatic heterocycles. The lowest BCUT2D eigenvalue weighted by atomic mass is 9.46. The van der Waals surface area contributed by atoms with Crippen molar-refractivity contribution in [2.24, 2.45) is 35.5 Å². The van der Waals surface area contributed by atoms with Gasteiger partial charge in [0.1, 0.15) is 34.5 Å². The van der Waals surface area contributed by atoms with E-state index in [1.807, 2.05) is 54.6 Å². The Morgan fingerprint density at radius 2 is 0.736 bits per heavy atom. The number of benzene rings is 4. The fraction of sp³-hybridized carbons (Fsp3) is 0.455. The highest BCUT2D eigenvalue weighted by atomic mass is 79.9. The van der Waals surface area contributed by atoms with Gasteiger partial charge in [0, 0.05) is 76.7 Å². The van der Waals surface area contributed by atoms with Crippen molar-refractivity contribution in [3.63, 3.8) is 0 Å². The Kier molecular flexibility index (Phi) is 8.38. The Hall–Kier alpha value is -2.88. The predicted octanol–water partition coefficient (Wildman–Crippen LogP) is 13.0. The van der Waals surface area contributed by atoms with Crippen LogP contribution in [-0.2, 0) is 10.8 Å². The molecule has 0 spiro atoms. The summed E-state index contributed by atoms with van der Waals surface area (Å²) in [6, 6.07) is 19.9. The molecular formula is C44H46Br3N3O3. The summed E-state index contributed by atoms with van der Waals surface area (Å²) in [6.07, 6.45) is 15.0. The lowest BCUT2D eigenvalue weighted by Gasteiger charge is -2.59. The Morgan fingerprint density at radius 1 is 0.434 bits per heavy atom. The molecule has 0 radical (unpaired) electrons. The SMILES string of the molecule is Nc1cc(Oc2cc(Oc3ccc(Br)c(N)c3)c(C34CC5CC(CC(C5)C3)C4)c(Oc3ccc(Br)c(N)c3)c2C23CC4CC(CC(C4)C2)C3)ccc1Br. The zero-order valence-corrected chi connectivity index (χ0v) is 34.6. The average molecular weight is 905 g/mol. The molecule has 0 heterocycles. The first kappa shape index (κ1) is 34.6. The van der Waals surface area contributed by atoms with E-state index in [2.05, 4.69) is 53.9 Å². The minimum atomic E-state index is -0.0706. The van der Waals surface area contributed by atoms with Crippen LogP contribution in [-0.4, -0.2) is 0 Å². The van der Waals surface area contributed by atoms with Crippen LogP contribution >= 0.6 is 47.8 Å². The molecule has 8 aliphatic carbocycles. The number of nitrogen functional groups attached to an aromatic ring is 3. The molecule has 6 nitrogen and oxygen atoms in total. The molecule has 9 heteroatoms. The van der Waals surface area contributed by atoms with Gasteiger partial charge in [-0.25, -0.2) is 0 Å². The molecule has 8 fully saturated rings. The topological polar surface area (TPSA) is 106 Å². The van der Waals surface area contributed by atoms with Gasteiger partial charge in [-0.3, -0.25) is 0 Å². The lowest BCUT2D eigenvalue weighted by molar-refractivity contribution is -0.0110. The van der Waals surface area contributed by atoms with Crippen LogP contribution in [0.15, 0.2) is 74.1 Å². The van der Waals surface area contributed by atoms with E-state index in [4.69, 9.17) is 31.4 Å². The van der Waals surface area contributed by atoms with Crippen LogP contribution in [0.5, 0.6) is 34.5 Å². The van der Waals surface area contributed by atoms with Gasteiger partial charge >= 0.3 is 0 Å². The smallest absolute Gasteiger partial charge is 0.142 e. The molecular weight excluding hydrogens is 858 g/mol. The van der Waals surface area contributed by atoms with Gasteiger partial charge < -0.3 is 31.4 Å². The highest BCUT2D eigenvalue weighted by Gasteiger charge is 2.58. The summed E-state index contributed by atoms with van der Waals surface area (Å²) in [6.45, 7) is 0. The largest absolute Gasteiger partial charge is 0.457 e. The van der Waals surface area contributed by atoms with Crippen LogP contribution in [0.2, 0.25) is 0 Å². The maximum Gasteiger partial charge on any atom is 0.142 e. The zero-order chi connectivity index (χ0) is 36.2. The van der Waals surface area contributed by atoms with Crippen LogP contribution in [0.4, 0.5) is 17.1 Å². The normalized spacial score (nSPS) is 31.9. The molecule has 53 heavy (non-hydrogen) atoms. The maximum atomic E-state index is 7.47.